The number of hydrogen-bond donors (Lipinski definition) is 0. The van der Waals surface area contributed by atoms with Gasteiger partial charge in [0, 0.05) is 65.5 Å². The van der Waals surface area contributed by atoms with Crippen molar-refractivity contribution in [2.75, 3.05) is 0 Å². The fourth-order valence-electron chi connectivity index (χ4n) is 11.1. The molecule has 0 saturated carbocycles. The Morgan fingerprint density at radius 1 is 0.319 bits per heavy atom. The molecular formula is C63H37N5O. The number of nitrogens with zero attached hydrogens (tertiary/aromatic N) is 5. The topological polar surface area (TPSA) is 61.7 Å². The molecule has 0 aliphatic rings. The monoisotopic (exact) mass is 879 g/mol. The molecule has 69 heavy (non-hydrogen) atoms. The predicted octanol–water partition coefficient (Wildman–Crippen LogP) is 16.4. The Kier molecular flexibility index (Phi) is 7.97. The van der Waals surface area contributed by atoms with Crippen molar-refractivity contribution in [1.29, 1.82) is 0 Å². The normalized spacial score (nSPS) is 12.1. The molecule has 4 heterocycles. The van der Waals surface area contributed by atoms with E-state index in [4.69, 9.17) is 19.4 Å². The van der Waals surface area contributed by atoms with Gasteiger partial charge < -0.3 is 13.6 Å². The summed E-state index contributed by atoms with van der Waals surface area (Å²) < 4.78 is 11.8. The average Bonchev–Trinajstić information content (AvgIpc) is 4.08. The van der Waals surface area contributed by atoms with Gasteiger partial charge in [-0.1, -0.05) is 170 Å². The minimum Gasteiger partial charge on any atom is -0.455 e. The van der Waals surface area contributed by atoms with Gasteiger partial charge in [-0.2, -0.15) is 0 Å². The van der Waals surface area contributed by atoms with E-state index in [-0.39, 0.29) is 0 Å². The highest BCUT2D eigenvalue weighted by molar-refractivity contribution is 6.26. The van der Waals surface area contributed by atoms with E-state index in [1.807, 2.05) is 24.3 Å². The van der Waals surface area contributed by atoms with Gasteiger partial charge in [0.1, 0.15) is 11.2 Å². The summed E-state index contributed by atoms with van der Waals surface area (Å²) in [4.78, 5) is 16.1. The van der Waals surface area contributed by atoms with E-state index in [1.54, 1.807) is 0 Å². The lowest BCUT2D eigenvalue weighted by Crippen LogP contribution is -2.01. The standard InChI is InChI=1S/C63H37N5O/c1-3-18-39(19-4-1)61-64-62(47-28-15-31-52-58(47)46-27-13-14-30-51(46)67(52)42-22-5-2-6-23-42)66-63(65-61)48-29-16-32-56-59(48)50-37-55(44-25-11-12-26-45(44)60(50)69-56)68-53-34-33-38-17-9-10-24-43(38)57(53)49-35-40-20-7-8-21-41(40)36-54(49)68/h1-37H. The van der Waals surface area contributed by atoms with Crippen LogP contribution in [0.15, 0.2) is 229 Å². The third kappa shape index (κ3) is 5.57. The molecule has 0 bridgehead atoms. The van der Waals surface area contributed by atoms with Crippen LogP contribution in [0.25, 0.3) is 143 Å². The molecule has 0 N–H and O–H groups in total. The minimum atomic E-state index is 0.570. The first-order valence-electron chi connectivity index (χ1n) is 23.4. The molecule has 0 saturated heterocycles. The molecule has 15 rings (SSSR count). The Labute approximate surface area is 394 Å². The van der Waals surface area contributed by atoms with Gasteiger partial charge in [0.25, 0.3) is 0 Å². The summed E-state index contributed by atoms with van der Waals surface area (Å²) in [6, 6.07) is 79.6. The highest BCUT2D eigenvalue weighted by Crippen LogP contribution is 2.46. The zero-order chi connectivity index (χ0) is 45.2. The van der Waals surface area contributed by atoms with Crippen molar-refractivity contribution in [2.24, 2.45) is 0 Å². The molecule has 0 amide bonds. The average molecular weight is 880 g/mol. The van der Waals surface area contributed by atoms with Crippen LogP contribution in [0.5, 0.6) is 0 Å². The first-order chi connectivity index (χ1) is 34.2. The van der Waals surface area contributed by atoms with E-state index >= 15 is 0 Å². The van der Waals surface area contributed by atoms with Gasteiger partial charge in [-0.15, -0.1) is 0 Å². The lowest BCUT2D eigenvalue weighted by Gasteiger charge is -2.13. The maximum atomic E-state index is 6.99. The van der Waals surface area contributed by atoms with Crippen molar-refractivity contribution >= 4 is 97.9 Å². The van der Waals surface area contributed by atoms with Crippen LogP contribution in [0.1, 0.15) is 0 Å². The molecular weight excluding hydrogens is 843 g/mol. The molecule has 0 aliphatic heterocycles. The third-order valence-electron chi connectivity index (χ3n) is 14.1. The maximum absolute atomic E-state index is 6.99. The number of furan rings is 1. The fraction of sp³-hybridized carbons (Fsp3) is 0. The summed E-state index contributed by atoms with van der Waals surface area (Å²) in [5.41, 5.74) is 11.0. The van der Waals surface area contributed by atoms with Crippen LogP contribution in [0.3, 0.4) is 0 Å². The number of aromatic nitrogens is 5. The zero-order valence-corrected chi connectivity index (χ0v) is 37.0. The van der Waals surface area contributed by atoms with Crippen LogP contribution in [0, 0.1) is 0 Å². The molecule has 320 valence electrons. The van der Waals surface area contributed by atoms with Crippen LogP contribution in [0.2, 0.25) is 0 Å². The second-order valence-corrected chi connectivity index (χ2v) is 17.9. The minimum absolute atomic E-state index is 0.570. The molecule has 0 aliphatic carbocycles. The van der Waals surface area contributed by atoms with E-state index in [0.717, 1.165) is 93.6 Å². The van der Waals surface area contributed by atoms with Gasteiger partial charge in [0.05, 0.1) is 27.8 Å². The Morgan fingerprint density at radius 2 is 0.913 bits per heavy atom. The van der Waals surface area contributed by atoms with Crippen molar-refractivity contribution < 1.29 is 4.42 Å². The summed E-state index contributed by atoms with van der Waals surface area (Å²) in [6.07, 6.45) is 0. The van der Waals surface area contributed by atoms with Crippen molar-refractivity contribution in [2.45, 2.75) is 0 Å². The first-order valence-corrected chi connectivity index (χ1v) is 23.4. The van der Waals surface area contributed by atoms with E-state index in [1.165, 1.54) is 32.3 Å². The van der Waals surface area contributed by atoms with E-state index < -0.39 is 0 Å². The molecule has 15 aromatic rings. The van der Waals surface area contributed by atoms with Gasteiger partial charge in [-0.25, -0.2) is 15.0 Å². The molecule has 0 atom stereocenters. The molecule has 6 nitrogen and oxygen atoms in total. The lowest BCUT2D eigenvalue weighted by molar-refractivity contribution is 0.672. The smallest absolute Gasteiger partial charge is 0.164 e. The second kappa shape index (κ2) is 14.6. The van der Waals surface area contributed by atoms with Crippen LogP contribution in [-0.4, -0.2) is 24.1 Å². The Morgan fingerprint density at radius 3 is 1.71 bits per heavy atom. The van der Waals surface area contributed by atoms with Crippen molar-refractivity contribution in [3.05, 3.63) is 224 Å². The maximum Gasteiger partial charge on any atom is 0.164 e. The van der Waals surface area contributed by atoms with E-state index in [9.17, 15) is 0 Å². The summed E-state index contributed by atoms with van der Waals surface area (Å²) in [7, 11) is 0. The summed E-state index contributed by atoms with van der Waals surface area (Å²) in [6.45, 7) is 0. The second-order valence-electron chi connectivity index (χ2n) is 17.9. The highest BCUT2D eigenvalue weighted by atomic mass is 16.3. The van der Waals surface area contributed by atoms with Gasteiger partial charge in [0.2, 0.25) is 0 Å². The summed E-state index contributed by atoms with van der Waals surface area (Å²) in [5, 5.41) is 13.6. The number of hydrogen-bond acceptors (Lipinski definition) is 4. The Hall–Kier alpha value is -9.39. The summed E-state index contributed by atoms with van der Waals surface area (Å²) >= 11 is 0. The number of fused-ring (bicyclic) bond motifs is 14. The number of para-hydroxylation sites is 2. The number of rotatable bonds is 5. The van der Waals surface area contributed by atoms with Crippen molar-refractivity contribution in [1.82, 2.24) is 24.1 Å². The Bertz CT molecular complexity index is 4600. The SMILES string of the molecule is c1ccc(-c2nc(-c3cccc4oc5c6ccccc6c(-n6c7cc8ccccc8cc7c7c8ccccc8ccc76)cc5c34)nc(-c3cccc4c3c3ccccc3n4-c3ccccc3)n2)cc1. The summed E-state index contributed by atoms with van der Waals surface area (Å²) in [5.74, 6) is 1.77. The highest BCUT2D eigenvalue weighted by Gasteiger charge is 2.24. The molecule has 11 aromatic carbocycles. The first kappa shape index (κ1) is 37.8. The van der Waals surface area contributed by atoms with E-state index in [2.05, 4.69) is 209 Å². The number of benzene rings is 11. The van der Waals surface area contributed by atoms with Crippen LogP contribution >= 0.6 is 0 Å². The lowest BCUT2D eigenvalue weighted by atomic mass is 10.0. The van der Waals surface area contributed by atoms with Gasteiger partial charge in [-0.3, -0.25) is 0 Å². The van der Waals surface area contributed by atoms with Gasteiger partial charge in [0.15, 0.2) is 17.5 Å². The molecule has 0 unspecified atom stereocenters. The molecule has 6 heteroatoms. The molecule has 0 fully saturated rings. The van der Waals surface area contributed by atoms with Crippen LogP contribution in [-0.2, 0) is 0 Å². The van der Waals surface area contributed by atoms with Crippen LogP contribution in [0.4, 0.5) is 0 Å². The van der Waals surface area contributed by atoms with Gasteiger partial charge in [-0.05, 0) is 76.1 Å². The van der Waals surface area contributed by atoms with Gasteiger partial charge >= 0.3 is 0 Å². The third-order valence-corrected chi connectivity index (χ3v) is 14.1. The largest absolute Gasteiger partial charge is 0.455 e. The quantitative estimate of drug-likeness (QED) is 0.173. The van der Waals surface area contributed by atoms with E-state index in [0.29, 0.717) is 17.5 Å². The Balaban J connectivity index is 1.03. The molecule has 4 aromatic heterocycles. The van der Waals surface area contributed by atoms with Crippen molar-refractivity contribution in [3.8, 4) is 45.5 Å². The fourth-order valence-corrected chi connectivity index (χ4v) is 11.1. The predicted molar refractivity (Wildman–Crippen MR) is 285 cm³/mol. The molecule has 0 spiro atoms. The van der Waals surface area contributed by atoms with Crippen LogP contribution < -0.4 is 0 Å². The van der Waals surface area contributed by atoms with Crippen molar-refractivity contribution in [3.63, 3.8) is 0 Å². The zero-order valence-electron chi connectivity index (χ0n) is 37.0. The molecule has 0 radical (unpaired) electrons.